The molecule has 3 nitrogen and oxygen atoms in total. The van der Waals surface area contributed by atoms with Crippen LogP contribution in [-0.4, -0.2) is 48.0 Å². The van der Waals surface area contributed by atoms with Gasteiger partial charge >= 0.3 is 0 Å². The number of nitrogens with one attached hydrogen (secondary N) is 1. The molecule has 1 aromatic carbocycles. The van der Waals surface area contributed by atoms with Crippen molar-refractivity contribution < 1.29 is 4.79 Å². The fourth-order valence-electron chi connectivity index (χ4n) is 3.61. The lowest BCUT2D eigenvalue weighted by Gasteiger charge is -2.39. The molecular weight excluding hydrogens is 316 g/mol. The summed E-state index contributed by atoms with van der Waals surface area (Å²) in [4.78, 5) is 14.6. The van der Waals surface area contributed by atoms with Gasteiger partial charge in [-0.05, 0) is 67.8 Å². The summed E-state index contributed by atoms with van der Waals surface area (Å²) in [6.07, 6.45) is 8.66. The molecule has 0 spiro atoms. The number of hydrogen-bond acceptors (Lipinski definition) is 3. The van der Waals surface area contributed by atoms with Crippen LogP contribution in [0.1, 0.15) is 31.2 Å². The molecule has 2 aliphatic heterocycles. The molecule has 0 atom stereocenters. The molecule has 0 saturated carbocycles. The highest BCUT2D eigenvalue weighted by Gasteiger charge is 2.26. The van der Waals surface area contributed by atoms with Crippen molar-refractivity contribution in [2.45, 2.75) is 31.7 Å². The van der Waals surface area contributed by atoms with E-state index >= 15 is 0 Å². The van der Waals surface area contributed by atoms with Gasteiger partial charge in [-0.2, -0.15) is 11.8 Å². The van der Waals surface area contributed by atoms with Crippen LogP contribution in [-0.2, 0) is 4.79 Å². The molecule has 2 heterocycles. The molecule has 0 aromatic heterocycles. The van der Waals surface area contributed by atoms with E-state index in [0.717, 1.165) is 18.2 Å². The second-order valence-electron chi connectivity index (χ2n) is 6.81. The van der Waals surface area contributed by atoms with E-state index in [1.165, 1.54) is 50.3 Å². The highest BCUT2D eigenvalue weighted by atomic mass is 32.2. The number of benzene rings is 1. The van der Waals surface area contributed by atoms with Crippen LogP contribution in [0.4, 0.5) is 0 Å². The van der Waals surface area contributed by atoms with Gasteiger partial charge in [0.25, 0.3) is 0 Å². The fourth-order valence-corrected chi connectivity index (χ4v) is 4.69. The molecule has 130 valence electrons. The maximum atomic E-state index is 12.0. The Morgan fingerprint density at radius 3 is 2.54 bits per heavy atom. The average molecular weight is 345 g/mol. The molecule has 0 bridgehead atoms. The van der Waals surface area contributed by atoms with E-state index < -0.39 is 0 Å². The number of nitrogens with zero attached hydrogens (tertiary/aromatic N) is 1. The van der Waals surface area contributed by atoms with E-state index in [4.69, 9.17) is 0 Å². The van der Waals surface area contributed by atoms with Crippen LogP contribution in [0.15, 0.2) is 36.4 Å². The number of likely N-dealkylation sites (tertiary alicyclic amines) is 1. The molecule has 0 unspecified atom stereocenters. The number of thioether (sulfide) groups is 1. The second-order valence-corrected chi connectivity index (χ2v) is 8.04. The molecule has 2 fully saturated rings. The van der Waals surface area contributed by atoms with Crippen LogP contribution in [0.5, 0.6) is 0 Å². The Morgan fingerprint density at radius 1 is 1.12 bits per heavy atom. The first kappa shape index (κ1) is 17.6. The summed E-state index contributed by atoms with van der Waals surface area (Å²) < 4.78 is 0. The van der Waals surface area contributed by atoms with Crippen LogP contribution in [0.2, 0.25) is 0 Å². The smallest absolute Gasteiger partial charge is 0.244 e. The SMILES string of the molecule is O=C(/C=C/c1ccccc1)NCC1CCN(C2CCSCC2)CC1. The number of amides is 1. The van der Waals surface area contributed by atoms with Crippen LogP contribution in [0, 0.1) is 5.92 Å². The van der Waals surface area contributed by atoms with Crippen LogP contribution in [0.25, 0.3) is 6.08 Å². The molecule has 1 N–H and O–H groups in total. The summed E-state index contributed by atoms with van der Waals surface area (Å²) >= 11 is 2.10. The average Bonchev–Trinajstić information content (AvgIpc) is 2.67. The summed E-state index contributed by atoms with van der Waals surface area (Å²) in [5.41, 5.74) is 1.06. The normalized spacial score (nSPS) is 21.2. The molecule has 24 heavy (non-hydrogen) atoms. The number of carbonyl (C=O) groups excluding carboxylic acids is 1. The standard InChI is InChI=1S/C20H28N2OS/c23-20(7-6-17-4-2-1-3-5-17)21-16-18-8-12-22(13-9-18)19-10-14-24-15-11-19/h1-7,18-19H,8-16H2,(H,21,23)/b7-6+. The van der Waals surface area contributed by atoms with Crippen molar-refractivity contribution in [1.82, 2.24) is 10.2 Å². The predicted molar refractivity (Wildman–Crippen MR) is 103 cm³/mol. The number of hydrogen-bond donors (Lipinski definition) is 1. The highest BCUT2D eigenvalue weighted by Crippen LogP contribution is 2.26. The Hall–Kier alpha value is -1.26. The van der Waals surface area contributed by atoms with Crippen molar-refractivity contribution in [3.8, 4) is 0 Å². The third kappa shape index (κ3) is 5.38. The van der Waals surface area contributed by atoms with Crippen molar-refractivity contribution in [1.29, 1.82) is 0 Å². The van der Waals surface area contributed by atoms with Crippen LogP contribution >= 0.6 is 11.8 Å². The number of rotatable bonds is 5. The van der Waals surface area contributed by atoms with E-state index in [2.05, 4.69) is 22.0 Å². The van der Waals surface area contributed by atoms with E-state index in [1.54, 1.807) is 6.08 Å². The first-order valence-electron chi connectivity index (χ1n) is 9.14. The zero-order valence-corrected chi connectivity index (χ0v) is 15.1. The van der Waals surface area contributed by atoms with Gasteiger partial charge in [0, 0.05) is 18.7 Å². The fraction of sp³-hybridized carbons (Fsp3) is 0.550. The zero-order valence-electron chi connectivity index (χ0n) is 14.3. The van der Waals surface area contributed by atoms with Gasteiger partial charge in [0.2, 0.25) is 5.91 Å². The Morgan fingerprint density at radius 2 is 1.83 bits per heavy atom. The third-order valence-electron chi connectivity index (χ3n) is 5.15. The van der Waals surface area contributed by atoms with Crippen molar-refractivity contribution in [3.63, 3.8) is 0 Å². The van der Waals surface area contributed by atoms with Gasteiger partial charge in [-0.15, -0.1) is 0 Å². The molecule has 3 rings (SSSR count). The van der Waals surface area contributed by atoms with Gasteiger partial charge in [0.05, 0.1) is 0 Å². The highest BCUT2D eigenvalue weighted by molar-refractivity contribution is 7.99. The minimum absolute atomic E-state index is 0.0191. The van der Waals surface area contributed by atoms with Gasteiger partial charge in [0.1, 0.15) is 0 Å². The molecule has 4 heteroatoms. The first-order chi connectivity index (χ1) is 11.8. The molecule has 1 aromatic rings. The largest absolute Gasteiger partial charge is 0.352 e. The quantitative estimate of drug-likeness (QED) is 0.831. The first-order valence-corrected chi connectivity index (χ1v) is 10.3. The lowest BCUT2D eigenvalue weighted by Crippen LogP contribution is -2.44. The van der Waals surface area contributed by atoms with Gasteiger partial charge in [-0.1, -0.05) is 30.3 Å². The van der Waals surface area contributed by atoms with Gasteiger partial charge < -0.3 is 10.2 Å². The minimum atomic E-state index is 0.0191. The third-order valence-corrected chi connectivity index (χ3v) is 6.20. The summed E-state index contributed by atoms with van der Waals surface area (Å²) in [5, 5.41) is 3.07. The second kappa shape index (κ2) is 9.28. The van der Waals surface area contributed by atoms with E-state index in [-0.39, 0.29) is 5.91 Å². The van der Waals surface area contributed by atoms with E-state index in [0.29, 0.717) is 5.92 Å². The molecule has 0 radical (unpaired) electrons. The summed E-state index contributed by atoms with van der Waals surface area (Å²) in [5.74, 6) is 3.31. The van der Waals surface area contributed by atoms with Crippen molar-refractivity contribution >= 4 is 23.7 Å². The number of carbonyl (C=O) groups is 1. The predicted octanol–water partition coefficient (Wildman–Crippen LogP) is 3.42. The Kier molecular flexibility index (Phi) is 6.79. The minimum Gasteiger partial charge on any atom is -0.352 e. The Labute approximate surface area is 149 Å². The summed E-state index contributed by atoms with van der Waals surface area (Å²) in [6, 6.07) is 10.8. The van der Waals surface area contributed by atoms with E-state index in [9.17, 15) is 4.79 Å². The molecule has 0 aliphatic carbocycles. The lowest BCUT2D eigenvalue weighted by atomic mass is 9.94. The zero-order chi connectivity index (χ0) is 16.6. The Balaban J connectivity index is 1.35. The van der Waals surface area contributed by atoms with Gasteiger partial charge in [-0.25, -0.2) is 0 Å². The molecule has 1 amide bonds. The monoisotopic (exact) mass is 344 g/mol. The number of piperidine rings is 1. The topological polar surface area (TPSA) is 32.3 Å². The van der Waals surface area contributed by atoms with Crippen LogP contribution < -0.4 is 5.32 Å². The van der Waals surface area contributed by atoms with Crippen LogP contribution in [0.3, 0.4) is 0 Å². The van der Waals surface area contributed by atoms with Crippen molar-refractivity contribution in [3.05, 3.63) is 42.0 Å². The molecule has 2 saturated heterocycles. The maximum absolute atomic E-state index is 12.0. The summed E-state index contributed by atoms with van der Waals surface area (Å²) in [6.45, 7) is 3.22. The van der Waals surface area contributed by atoms with Crippen molar-refractivity contribution in [2.75, 3.05) is 31.1 Å². The summed E-state index contributed by atoms with van der Waals surface area (Å²) in [7, 11) is 0. The maximum Gasteiger partial charge on any atom is 0.244 e. The lowest BCUT2D eigenvalue weighted by molar-refractivity contribution is -0.116. The van der Waals surface area contributed by atoms with Crippen molar-refractivity contribution in [2.24, 2.45) is 5.92 Å². The molecule has 2 aliphatic rings. The van der Waals surface area contributed by atoms with E-state index in [1.807, 2.05) is 36.4 Å². The Bertz CT molecular complexity index is 532. The van der Waals surface area contributed by atoms with Gasteiger partial charge in [0.15, 0.2) is 0 Å². The van der Waals surface area contributed by atoms with Gasteiger partial charge in [-0.3, -0.25) is 4.79 Å². The molecular formula is C20H28N2OS.